The lowest BCUT2D eigenvalue weighted by atomic mass is 10.3. The fraction of sp³-hybridized carbons (Fsp3) is 0.231. The molecular formula is C13H12N2O3S. The van der Waals surface area contributed by atoms with Gasteiger partial charge in [-0.25, -0.2) is 4.98 Å². The van der Waals surface area contributed by atoms with Gasteiger partial charge in [-0.05, 0) is 25.1 Å². The first kappa shape index (κ1) is 12.0. The Morgan fingerprint density at radius 3 is 3.11 bits per heavy atom. The molecule has 1 aromatic carbocycles. The molecule has 0 radical (unpaired) electrons. The highest BCUT2D eigenvalue weighted by Crippen LogP contribution is 2.25. The molecule has 0 bridgehead atoms. The number of amides is 1. The van der Waals surface area contributed by atoms with E-state index in [2.05, 4.69) is 10.3 Å². The van der Waals surface area contributed by atoms with Crippen molar-refractivity contribution in [2.24, 2.45) is 0 Å². The highest BCUT2D eigenvalue weighted by Gasteiger charge is 2.15. The van der Waals surface area contributed by atoms with Crippen molar-refractivity contribution in [1.29, 1.82) is 0 Å². The molecule has 0 fully saturated rings. The van der Waals surface area contributed by atoms with E-state index in [-0.39, 0.29) is 11.7 Å². The summed E-state index contributed by atoms with van der Waals surface area (Å²) in [5, 5.41) is 3.78. The molecule has 2 heterocycles. The monoisotopic (exact) mass is 276 g/mol. The van der Waals surface area contributed by atoms with Crippen molar-refractivity contribution < 1.29 is 14.3 Å². The molecule has 1 N–H and O–H groups in total. The van der Waals surface area contributed by atoms with Gasteiger partial charge in [-0.3, -0.25) is 4.79 Å². The summed E-state index contributed by atoms with van der Waals surface area (Å²) in [5.41, 5.74) is 1.66. The lowest BCUT2D eigenvalue weighted by Crippen LogP contribution is -2.21. The number of hydrogen-bond acceptors (Lipinski definition) is 5. The molecule has 0 saturated heterocycles. The van der Waals surface area contributed by atoms with Crippen LogP contribution in [0.5, 0.6) is 0 Å². The van der Waals surface area contributed by atoms with E-state index in [1.807, 2.05) is 25.1 Å². The Bertz CT molecular complexity index is 663. The van der Waals surface area contributed by atoms with Crippen molar-refractivity contribution in [1.82, 2.24) is 4.98 Å². The number of nitrogens with one attached hydrogen (secondary N) is 1. The molecule has 0 atom stereocenters. The van der Waals surface area contributed by atoms with Gasteiger partial charge in [0.1, 0.15) is 19.5 Å². The summed E-state index contributed by atoms with van der Waals surface area (Å²) >= 11 is 1.60. The summed E-state index contributed by atoms with van der Waals surface area (Å²) < 4.78 is 11.3. The molecule has 98 valence electrons. The summed E-state index contributed by atoms with van der Waals surface area (Å²) in [4.78, 5) is 16.3. The molecule has 2 aromatic rings. The first-order chi connectivity index (χ1) is 9.22. The number of carbonyl (C=O) groups is 1. The van der Waals surface area contributed by atoms with Gasteiger partial charge in [0, 0.05) is 5.69 Å². The van der Waals surface area contributed by atoms with Gasteiger partial charge in [0.05, 0.1) is 15.2 Å². The second-order valence-corrected chi connectivity index (χ2v) is 5.31. The Labute approximate surface area is 113 Å². The molecule has 1 amide bonds. The van der Waals surface area contributed by atoms with Crippen LogP contribution in [-0.2, 0) is 14.3 Å². The molecule has 0 unspecified atom stereocenters. The van der Waals surface area contributed by atoms with Crippen LogP contribution in [0.3, 0.4) is 0 Å². The predicted molar refractivity (Wildman–Crippen MR) is 73.0 cm³/mol. The number of ether oxygens (including phenoxy) is 2. The first-order valence-electron chi connectivity index (χ1n) is 5.85. The molecule has 19 heavy (non-hydrogen) atoms. The zero-order valence-corrected chi connectivity index (χ0v) is 11.1. The van der Waals surface area contributed by atoms with Crippen LogP contribution in [0.4, 0.5) is 5.69 Å². The summed E-state index contributed by atoms with van der Waals surface area (Å²) in [7, 11) is 0. The number of hydrogen-bond donors (Lipinski definition) is 1. The lowest BCUT2D eigenvalue weighted by Gasteiger charge is -2.14. The average Bonchev–Trinajstić information content (AvgIpc) is 2.79. The smallest absolute Gasteiger partial charge is 0.294 e. The normalized spacial score (nSPS) is 14.5. The fourth-order valence-corrected chi connectivity index (χ4v) is 2.66. The van der Waals surface area contributed by atoms with E-state index in [9.17, 15) is 4.79 Å². The van der Waals surface area contributed by atoms with Crippen molar-refractivity contribution >= 4 is 33.1 Å². The van der Waals surface area contributed by atoms with Gasteiger partial charge in [0.25, 0.3) is 5.91 Å². The molecule has 6 heteroatoms. The molecule has 0 aliphatic carbocycles. The lowest BCUT2D eigenvalue weighted by molar-refractivity contribution is -0.117. The molecule has 0 spiro atoms. The maximum absolute atomic E-state index is 11.9. The maximum atomic E-state index is 11.9. The minimum Gasteiger partial charge on any atom is -0.494 e. The van der Waals surface area contributed by atoms with Gasteiger partial charge in [0.2, 0.25) is 5.76 Å². The van der Waals surface area contributed by atoms with E-state index in [1.54, 1.807) is 11.3 Å². The van der Waals surface area contributed by atoms with Crippen LogP contribution in [0.25, 0.3) is 10.2 Å². The largest absolute Gasteiger partial charge is 0.494 e. The van der Waals surface area contributed by atoms with Crippen LogP contribution in [-0.4, -0.2) is 24.1 Å². The SMILES string of the molecule is Cc1nc2ccc(NC(=O)C3=COCCO3)cc2s1. The second-order valence-electron chi connectivity index (χ2n) is 4.07. The quantitative estimate of drug-likeness (QED) is 0.915. The fourth-order valence-electron chi connectivity index (χ4n) is 1.80. The van der Waals surface area contributed by atoms with E-state index in [4.69, 9.17) is 9.47 Å². The number of carbonyl (C=O) groups excluding carboxylic acids is 1. The van der Waals surface area contributed by atoms with E-state index in [0.717, 1.165) is 20.9 Å². The minimum absolute atomic E-state index is 0.201. The number of nitrogens with zero attached hydrogens (tertiary/aromatic N) is 1. The van der Waals surface area contributed by atoms with Gasteiger partial charge in [-0.2, -0.15) is 0 Å². The van der Waals surface area contributed by atoms with Crippen LogP contribution >= 0.6 is 11.3 Å². The number of rotatable bonds is 2. The van der Waals surface area contributed by atoms with Crippen LogP contribution < -0.4 is 5.32 Å². The maximum Gasteiger partial charge on any atom is 0.294 e. The highest BCUT2D eigenvalue weighted by atomic mass is 32.1. The summed E-state index contributed by atoms with van der Waals surface area (Å²) in [6.45, 7) is 2.83. The Hall–Kier alpha value is -2.08. The van der Waals surface area contributed by atoms with Gasteiger partial charge in [-0.15, -0.1) is 11.3 Å². The second kappa shape index (κ2) is 4.89. The van der Waals surface area contributed by atoms with Gasteiger partial charge in [-0.1, -0.05) is 0 Å². The molecule has 5 nitrogen and oxygen atoms in total. The molecule has 1 aromatic heterocycles. The average molecular weight is 276 g/mol. The summed E-state index contributed by atoms with van der Waals surface area (Å²) in [6, 6.07) is 5.62. The topological polar surface area (TPSA) is 60.5 Å². The summed E-state index contributed by atoms with van der Waals surface area (Å²) in [6.07, 6.45) is 1.34. The van der Waals surface area contributed by atoms with Crippen molar-refractivity contribution in [2.75, 3.05) is 18.5 Å². The van der Waals surface area contributed by atoms with Crippen molar-refractivity contribution in [3.05, 3.63) is 35.2 Å². The third-order valence-corrected chi connectivity index (χ3v) is 3.56. The van der Waals surface area contributed by atoms with E-state index < -0.39 is 0 Å². The Morgan fingerprint density at radius 2 is 2.32 bits per heavy atom. The minimum atomic E-state index is -0.305. The summed E-state index contributed by atoms with van der Waals surface area (Å²) in [5.74, 6) is -0.105. The zero-order valence-electron chi connectivity index (χ0n) is 10.3. The van der Waals surface area contributed by atoms with Crippen LogP contribution in [0.2, 0.25) is 0 Å². The van der Waals surface area contributed by atoms with Crippen molar-refractivity contribution in [3.63, 3.8) is 0 Å². The number of aromatic nitrogens is 1. The van der Waals surface area contributed by atoms with Gasteiger partial charge in [0.15, 0.2) is 0 Å². The zero-order chi connectivity index (χ0) is 13.2. The Morgan fingerprint density at radius 1 is 1.42 bits per heavy atom. The van der Waals surface area contributed by atoms with E-state index in [1.165, 1.54) is 6.26 Å². The van der Waals surface area contributed by atoms with E-state index >= 15 is 0 Å². The van der Waals surface area contributed by atoms with Crippen LogP contribution in [0.15, 0.2) is 30.2 Å². The standard InChI is InChI=1S/C13H12N2O3S/c1-8-14-10-3-2-9(6-12(10)19-8)15-13(16)11-7-17-4-5-18-11/h2-3,6-7H,4-5H2,1H3,(H,15,16). The van der Waals surface area contributed by atoms with Crippen LogP contribution in [0.1, 0.15) is 5.01 Å². The number of thiazole rings is 1. The number of benzene rings is 1. The Balaban J connectivity index is 1.80. The van der Waals surface area contributed by atoms with E-state index in [0.29, 0.717) is 13.2 Å². The van der Waals surface area contributed by atoms with Gasteiger partial charge >= 0.3 is 0 Å². The molecule has 3 rings (SSSR count). The number of anilines is 1. The third-order valence-electron chi connectivity index (χ3n) is 2.63. The number of fused-ring (bicyclic) bond motifs is 1. The Kier molecular flexibility index (Phi) is 3.08. The number of aryl methyl sites for hydroxylation is 1. The third kappa shape index (κ3) is 2.53. The highest BCUT2D eigenvalue weighted by molar-refractivity contribution is 7.18. The molecule has 1 aliphatic heterocycles. The van der Waals surface area contributed by atoms with Crippen molar-refractivity contribution in [3.8, 4) is 0 Å². The predicted octanol–water partition coefficient (Wildman–Crippen LogP) is 2.43. The molecular weight excluding hydrogens is 264 g/mol. The first-order valence-corrected chi connectivity index (χ1v) is 6.67. The van der Waals surface area contributed by atoms with Crippen molar-refractivity contribution in [2.45, 2.75) is 6.92 Å². The molecule has 0 saturated carbocycles. The molecule has 1 aliphatic rings. The van der Waals surface area contributed by atoms with Crippen LogP contribution in [0, 0.1) is 6.92 Å². The van der Waals surface area contributed by atoms with Gasteiger partial charge < -0.3 is 14.8 Å².